The zero-order valence-electron chi connectivity index (χ0n) is 9.20. The zero-order valence-corrected chi connectivity index (χ0v) is 11.6. The molecule has 0 amide bonds. The highest BCUT2D eigenvalue weighted by molar-refractivity contribution is 9.10. The van der Waals surface area contributed by atoms with E-state index in [4.69, 9.17) is 0 Å². The second kappa shape index (κ2) is 5.08. The predicted octanol–water partition coefficient (Wildman–Crippen LogP) is 3.85. The van der Waals surface area contributed by atoms with E-state index in [-0.39, 0.29) is 0 Å². The summed E-state index contributed by atoms with van der Waals surface area (Å²) < 4.78 is 1.09. The molecule has 0 bridgehead atoms. The SMILES string of the molecule is CNC(C)c1csc(-c2ccccc2Br)n1. The second-order valence-electron chi connectivity index (χ2n) is 3.57. The maximum Gasteiger partial charge on any atom is 0.124 e. The molecule has 1 atom stereocenters. The lowest BCUT2D eigenvalue weighted by Crippen LogP contribution is -2.12. The molecule has 0 saturated carbocycles. The fourth-order valence-corrected chi connectivity index (χ4v) is 2.95. The van der Waals surface area contributed by atoms with E-state index in [1.807, 2.05) is 25.2 Å². The Morgan fingerprint density at radius 2 is 2.12 bits per heavy atom. The van der Waals surface area contributed by atoms with Crippen LogP contribution >= 0.6 is 27.3 Å². The van der Waals surface area contributed by atoms with Crippen LogP contribution in [-0.4, -0.2) is 12.0 Å². The van der Waals surface area contributed by atoms with Crippen molar-refractivity contribution in [1.82, 2.24) is 10.3 Å². The molecule has 0 aliphatic carbocycles. The molecule has 1 aromatic heterocycles. The fraction of sp³-hybridized carbons (Fsp3) is 0.250. The quantitative estimate of drug-likeness (QED) is 0.930. The van der Waals surface area contributed by atoms with Gasteiger partial charge in [-0.05, 0) is 20.0 Å². The lowest BCUT2D eigenvalue weighted by atomic mass is 10.2. The normalized spacial score (nSPS) is 12.7. The maximum absolute atomic E-state index is 4.64. The average molecular weight is 297 g/mol. The minimum absolute atomic E-state index is 0.299. The molecule has 1 aromatic carbocycles. The van der Waals surface area contributed by atoms with E-state index in [1.165, 1.54) is 0 Å². The molecule has 0 fully saturated rings. The Bertz CT molecular complexity index is 481. The molecule has 0 aliphatic heterocycles. The van der Waals surface area contributed by atoms with E-state index in [0.29, 0.717) is 6.04 Å². The lowest BCUT2D eigenvalue weighted by Gasteiger charge is -2.05. The molecule has 1 heterocycles. The first-order valence-electron chi connectivity index (χ1n) is 5.10. The summed E-state index contributed by atoms with van der Waals surface area (Å²) in [5, 5.41) is 6.36. The van der Waals surface area contributed by atoms with Crippen molar-refractivity contribution in [3.05, 3.63) is 39.8 Å². The number of thiazole rings is 1. The summed E-state index contributed by atoms with van der Waals surface area (Å²) in [6, 6.07) is 8.46. The van der Waals surface area contributed by atoms with Gasteiger partial charge in [-0.1, -0.05) is 34.1 Å². The molecule has 2 rings (SSSR count). The van der Waals surface area contributed by atoms with Gasteiger partial charge in [-0.15, -0.1) is 11.3 Å². The first-order valence-corrected chi connectivity index (χ1v) is 6.77. The van der Waals surface area contributed by atoms with Crippen molar-refractivity contribution in [1.29, 1.82) is 0 Å². The van der Waals surface area contributed by atoms with E-state index < -0.39 is 0 Å². The van der Waals surface area contributed by atoms with Crippen LogP contribution in [0.4, 0.5) is 0 Å². The van der Waals surface area contributed by atoms with Gasteiger partial charge in [-0.3, -0.25) is 0 Å². The van der Waals surface area contributed by atoms with E-state index in [9.17, 15) is 0 Å². The van der Waals surface area contributed by atoms with Gasteiger partial charge in [0.05, 0.1) is 5.69 Å². The van der Waals surface area contributed by atoms with Crippen LogP contribution in [0.2, 0.25) is 0 Å². The highest BCUT2D eigenvalue weighted by atomic mass is 79.9. The molecule has 2 aromatic rings. The van der Waals surface area contributed by atoms with Gasteiger partial charge in [-0.2, -0.15) is 0 Å². The molecule has 84 valence electrons. The van der Waals surface area contributed by atoms with Gasteiger partial charge in [0.2, 0.25) is 0 Å². The van der Waals surface area contributed by atoms with Crippen LogP contribution in [-0.2, 0) is 0 Å². The number of hydrogen-bond donors (Lipinski definition) is 1. The molecule has 1 N–H and O–H groups in total. The van der Waals surface area contributed by atoms with Crippen molar-refractivity contribution in [3.8, 4) is 10.6 Å². The Hall–Kier alpha value is -0.710. The van der Waals surface area contributed by atoms with Gasteiger partial charge >= 0.3 is 0 Å². The summed E-state index contributed by atoms with van der Waals surface area (Å²) in [6.07, 6.45) is 0. The summed E-state index contributed by atoms with van der Waals surface area (Å²) in [5.41, 5.74) is 2.25. The molecule has 0 aliphatic rings. The topological polar surface area (TPSA) is 24.9 Å². The second-order valence-corrected chi connectivity index (χ2v) is 5.28. The number of aromatic nitrogens is 1. The van der Waals surface area contributed by atoms with Gasteiger partial charge < -0.3 is 5.32 Å². The third kappa shape index (κ3) is 2.34. The van der Waals surface area contributed by atoms with Gasteiger partial charge in [0.15, 0.2) is 0 Å². The Kier molecular flexibility index (Phi) is 3.74. The minimum Gasteiger partial charge on any atom is -0.312 e. The van der Waals surface area contributed by atoms with Crippen LogP contribution in [0, 0.1) is 0 Å². The van der Waals surface area contributed by atoms with Gasteiger partial charge in [0.1, 0.15) is 5.01 Å². The van der Waals surface area contributed by atoms with Crippen molar-refractivity contribution < 1.29 is 0 Å². The lowest BCUT2D eigenvalue weighted by molar-refractivity contribution is 0.637. The third-order valence-corrected chi connectivity index (χ3v) is 4.09. The number of benzene rings is 1. The van der Waals surface area contributed by atoms with Gasteiger partial charge in [0, 0.05) is 21.5 Å². The van der Waals surface area contributed by atoms with Crippen molar-refractivity contribution in [2.75, 3.05) is 7.05 Å². The zero-order chi connectivity index (χ0) is 11.5. The third-order valence-electron chi connectivity index (χ3n) is 2.50. The molecule has 0 radical (unpaired) electrons. The molecular weight excluding hydrogens is 284 g/mol. The molecule has 0 saturated heterocycles. The number of rotatable bonds is 3. The van der Waals surface area contributed by atoms with Crippen molar-refractivity contribution >= 4 is 27.3 Å². The molecule has 1 unspecified atom stereocenters. The summed E-state index contributed by atoms with van der Waals surface area (Å²) >= 11 is 5.23. The first-order chi connectivity index (χ1) is 7.72. The van der Waals surface area contributed by atoms with Crippen molar-refractivity contribution in [2.45, 2.75) is 13.0 Å². The smallest absolute Gasteiger partial charge is 0.124 e. The fourth-order valence-electron chi connectivity index (χ4n) is 1.39. The summed E-state index contributed by atoms with van der Waals surface area (Å²) in [5.74, 6) is 0. The number of hydrogen-bond acceptors (Lipinski definition) is 3. The summed E-state index contributed by atoms with van der Waals surface area (Å²) in [6.45, 7) is 2.11. The molecule has 4 heteroatoms. The Labute approximate surface area is 108 Å². The van der Waals surface area contributed by atoms with Crippen LogP contribution in [0.1, 0.15) is 18.7 Å². The van der Waals surface area contributed by atoms with Crippen molar-refractivity contribution in [3.63, 3.8) is 0 Å². The summed E-state index contributed by atoms with van der Waals surface area (Å²) in [7, 11) is 1.95. The summed E-state index contributed by atoms with van der Waals surface area (Å²) in [4.78, 5) is 4.64. The Morgan fingerprint density at radius 1 is 1.38 bits per heavy atom. The van der Waals surface area contributed by atoms with Crippen LogP contribution in [0.3, 0.4) is 0 Å². The van der Waals surface area contributed by atoms with Crippen LogP contribution in [0.5, 0.6) is 0 Å². The predicted molar refractivity (Wildman–Crippen MR) is 72.7 cm³/mol. The maximum atomic E-state index is 4.64. The number of nitrogens with zero attached hydrogens (tertiary/aromatic N) is 1. The van der Waals surface area contributed by atoms with Crippen LogP contribution in [0.25, 0.3) is 10.6 Å². The Morgan fingerprint density at radius 3 is 2.81 bits per heavy atom. The molecule has 16 heavy (non-hydrogen) atoms. The van der Waals surface area contributed by atoms with E-state index in [0.717, 1.165) is 20.7 Å². The van der Waals surface area contributed by atoms with E-state index in [2.05, 4.69) is 44.6 Å². The highest BCUT2D eigenvalue weighted by Crippen LogP contribution is 2.31. The monoisotopic (exact) mass is 296 g/mol. The van der Waals surface area contributed by atoms with E-state index in [1.54, 1.807) is 11.3 Å². The number of halogens is 1. The highest BCUT2D eigenvalue weighted by Gasteiger charge is 2.10. The first kappa shape index (κ1) is 11.8. The van der Waals surface area contributed by atoms with Gasteiger partial charge in [-0.25, -0.2) is 4.98 Å². The molecular formula is C12H13BrN2S. The van der Waals surface area contributed by atoms with Gasteiger partial charge in [0.25, 0.3) is 0 Å². The molecule has 2 nitrogen and oxygen atoms in total. The van der Waals surface area contributed by atoms with E-state index >= 15 is 0 Å². The average Bonchev–Trinajstić information content (AvgIpc) is 2.78. The minimum atomic E-state index is 0.299. The van der Waals surface area contributed by atoms with Crippen LogP contribution < -0.4 is 5.32 Å². The van der Waals surface area contributed by atoms with Crippen LogP contribution in [0.15, 0.2) is 34.1 Å². The standard InChI is InChI=1S/C12H13BrN2S/c1-8(14-2)11-7-16-12(15-11)9-5-3-4-6-10(9)13/h3-8,14H,1-2H3. The van der Waals surface area contributed by atoms with Crippen molar-refractivity contribution in [2.24, 2.45) is 0 Å². The number of nitrogens with one attached hydrogen (secondary N) is 1. The Balaban J connectivity index is 2.35. The largest absolute Gasteiger partial charge is 0.312 e. The molecule has 0 spiro atoms.